The van der Waals surface area contributed by atoms with Crippen molar-refractivity contribution in [3.8, 4) is 0 Å². The molecule has 1 saturated heterocycles. The van der Waals surface area contributed by atoms with Crippen LogP contribution in [0.2, 0.25) is 0 Å². The summed E-state index contributed by atoms with van der Waals surface area (Å²) >= 11 is 8.23. The Kier molecular flexibility index (Phi) is 7.33. The first-order valence-electron chi connectivity index (χ1n) is 16.1. The zero-order valence-corrected chi connectivity index (χ0v) is 28.9. The van der Waals surface area contributed by atoms with Gasteiger partial charge in [-0.15, -0.1) is 0 Å². The second kappa shape index (κ2) is 9.91. The molecule has 0 aromatic heterocycles. The van der Waals surface area contributed by atoms with Crippen molar-refractivity contribution < 1.29 is 23.9 Å². The molecule has 7 aliphatic rings. The van der Waals surface area contributed by atoms with E-state index in [1.807, 2.05) is 0 Å². The van der Waals surface area contributed by atoms with E-state index in [0.29, 0.717) is 51.6 Å². The maximum absolute atomic E-state index is 13.8. The monoisotopic (exact) mass is 694 g/mol. The maximum Gasteiger partial charge on any atom is 0.318 e. The highest BCUT2D eigenvalue weighted by Gasteiger charge is 2.81. The Labute approximate surface area is 263 Å². The van der Waals surface area contributed by atoms with Gasteiger partial charge in [0.2, 0.25) is 0 Å². The Balaban J connectivity index is 1.41. The minimum absolute atomic E-state index is 0.0825. The molecule has 2 spiro atoms. The van der Waals surface area contributed by atoms with Gasteiger partial charge in [0.15, 0.2) is 0 Å². The van der Waals surface area contributed by atoms with Crippen LogP contribution in [-0.2, 0) is 23.9 Å². The molecule has 5 fully saturated rings. The SMILES string of the molecule is CC(=O)O[C@@H]1CC[C@]2(C)[C@@H]3CC[C@]4(C)[C@H]([C@H](C)[C@H](Br)[C@H](Br)[C@H](C)C(C)C)CC[C@@H]4[C@@]34C=C[C@]2(C1)[C@@H]1C(=O)OC(=O)[C@@H]14. The molecule has 1 heterocycles. The lowest BCUT2D eigenvalue weighted by atomic mass is 9.28. The third-order valence-corrected chi connectivity index (χ3v) is 17.6. The first-order valence-corrected chi connectivity index (χ1v) is 17.9. The fraction of sp³-hybridized carbons (Fsp3) is 0.853. The third-order valence-electron chi connectivity index (χ3n) is 14.1. The van der Waals surface area contributed by atoms with Gasteiger partial charge in [0.05, 0.1) is 11.8 Å². The fourth-order valence-corrected chi connectivity index (χ4v) is 13.9. The number of rotatable bonds is 6. The van der Waals surface area contributed by atoms with Crippen LogP contribution >= 0.6 is 31.9 Å². The highest BCUT2D eigenvalue weighted by molar-refractivity contribution is 9.12. The molecule has 228 valence electrons. The van der Waals surface area contributed by atoms with Crippen molar-refractivity contribution in [1.82, 2.24) is 0 Å². The van der Waals surface area contributed by atoms with E-state index in [-0.39, 0.29) is 40.3 Å². The van der Waals surface area contributed by atoms with Gasteiger partial charge in [0.1, 0.15) is 6.10 Å². The number of alkyl halides is 2. The molecular formula is C34H48Br2O5. The number of fused-ring (bicyclic) bond motifs is 1. The maximum atomic E-state index is 13.8. The highest BCUT2D eigenvalue weighted by Crippen LogP contribution is 2.82. The van der Waals surface area contributed by atoms with Gasteiger partial charge >= 0.3 is 17.9 Å². The molecule has 41 heavy (non-hydrogen) atoms. The predicted molar refractivity (Wildman–Crippen MR) is 165 cm³/mol. The van der Waals surface area contributed by atoms with Gasteiger partial charge in [-0.25, -0.2) is 0 Å². The summed E-state index contributed by atoms with van der Waals surface area (Å²) in [7, 11) is 0. The molecule has 2 bridgehead atoms. The quantitative estimate of drug-likeness (QED) is 0.122. The van der Waals surface area contributed by atoms with E-state index >= 15 is 0 Å². The summed E-state index contributed by atoms with van der Waals surface area (Å²) in [5.41, 5.74) is -0.929. The van der Waals surface area contributed by atoms with Crippen molar-refractivity contribution in [2.24, 2.45) is 69.0 Å². The number of carbonyl (C=O) groups excluding carboxylic acids is 3. The molecule has 0 aromatic rings. The summed E-state index contributed by atoms with van der Waals surface area (Å²) in [5, 5.41) is 0. The van der Waals surface area contributed by atoms with Gasteiger partial charge in [0, 0.05) is 27.4 Å². The molecule has 7 heteroatoms. The summed E-state index contributed by atoms with van der Waals surface area (Å²) in [5.74, 6) is 0.953. The van der Waals surface area contributed by atoms with E-state index in [0.717, 1.165) is 38.5 Å². The zero-order valence-electron chi connectivity index (χ0n) is 25.8. The Morgan fingerprint density at radius 3 is 2.27 bits per heavy atom. The van der Waals surface area contributed by atoms with E-state index in [9.17, 15) is 14.4 Å². The van der Waals surface area contributed by atoms with Crippen LogP contribution in [0.1, 0.15) is 93.4 Å². The van der Waals surface area contributed by atoms with Crippen LogP contribution in [0.3, 0.4) is 0 Å². The van der Waals surface area contributed by atoms with Gasteiger partial charge in [-0.05, 0) is 91.3 Å². The Bertz CT molecular complexity index is 1170. The third kappa shape index (κ3) is 3.84. The first kappa shape index (κ1) is 30.3. The molecule has 0 aromatic carbocycles. The molecule has 5 nitrogen and oxygen atoms in total. The molecule has 6 aliphatic carbocycles. The smallest absolute Gasteiger partial charge is 0.318 e. The van der Waals surface area contributed by atoms with Crippen molar-refractivity contribution in [1.29, 1.82) is 0 Å². The fourth-order valence-electron chi connectivity index (χ4n) is 11.9. The van der Waals surface area contributed by atoms with E-state index in [4.69, 9.17) is 9.47 Å². The second-order valence-corrected chi connectivity index (χ2v) is 17.8. The molecule has 14 atom stereocenters. The molecule has 0 amide bonds. The standard InChI is InChI=1S/C34H48Br2O5/c1-17(2)18(3)27(35)28(36)19(4)22-8-9-23-31(22,6)12-11-24-32(7)13-10-21(40-20(5)37)16-33(32)14-15-34(23,24)26-25(33)29(38)41-30(26)39/h14-15,17-19,21-28H,8-13,16H2,1-7H3/t18-,19+,21-,22+,23+,24+,25+,26-,27-,28+,31-,32-,33+,34+/m1/s1. The number of cyclic esters (lactones) is 2. The summed E-state index contributed by atoms with van der Waals surface area (Å²) in [4.78, 5) is 40.1. The zero-order chi connectivity index (χ0) is 29.9. The minimum atomic E-state index is -0.512. The normalized spacial score (nSPS) is 48.9. The van der Waals surface area contributed by atoms with Crippen LogP contribution in [0.25, 0.3) is 0 Å². The van der Waals surface area contributed by atoms with Crippen LogP contribution < -0.4 is 0 Å². The number of hydrogen-bond donors (Lipinski definition) is 0. The number of allylic oxidation sites excluding steroid dienone is 2. The molecule has 0 unspecified atom stereocenters. The van der Waals surface area contributed by atoms with Gasteiger partial charge in [-0.1, -0.05) is 85.6 Å². The molecule has 1 aliphatic heterocycles. The first-order chi connectivity index (χ1) is 19.2. The van der Waals surface area contributed by atoms with Gasteiger partial charge < -0.3 is 9.47 Å². The average molecular weight is 697 g/mol. The molecular weight excluding hydrogens is 648 g/mol. The van der Waals surface area contributed by atoms with Crippen LogP contribution in [-0.4, -0.2) is 33.7 Å². The van der Waals surface area contributed by atoms with Crippen molar-refractivity contribution in [2.45, 2.75) is 109 Å². The van der Waals surface area contributed by atoms with Crippen LogP contribution in [0.15, 0.2) is 12.2 Å². The average Bonchev–Trinajstić information content (AvgIpc) is 3.43. The Hall–Kier alpha value is -0.690. The Morgan fingerprint density at radius 1 is 0.927 bits per heavy atom. The second-order valence-electron chi connectivity index (χ2n) is 15.6. The largest absolute Gasteiger partial charge is 0.463 e. The topological polar surface area (TPSA) is 69.7 Å². The summed E-state index contributed by atoms with van der Waals surface area (Å²) in [6.45, 7) is 15.7. The lowest BCUT2D eigenvalue weighted by Crippen LogP contribution is -2.72. The van der Waals surface area contributed by atoms with E-state index in [1.54, 1.807) is 0 Å². The number of carbonyl (C=O) groups is 3. The van der Waals surface area contributed by atoms with Gasteiger partial charge in [-0.2, -0.15) is 0 Å². The van der Waals surface area contributed by atoms with Gasteiger partial charge in [-0.3, -0.25) is 14.4 Å². The van der Waals surface area contributed by atoms with Crippen LogP contribution in [0.5, 0.6) is 0 Å². The van der Waals surface area contributed by atoms with Crippen molar-refractivity contribution >= 4 is 49.8 Å². The molecule has 7 rings (SSSR count). The highest BCUT2D eigenvalue weighted by atomic mass is 79.9. The molecule has 4 saturated carbocycles. The lowest BCUT2D eigenvalue weighted by Gasteiger charge is -2.74. The Morgan fingerprint density at radius 2 is 1.61 bits per heavy atom. The number of ether oxygens (including phenoxy) is 2. The molecule has 0 N–H and O–H groups in total. The number of esters is 3. The van der Waals surface area contributed by atoms with Crippen LogP contribution in [0, 0.1) is 69.0 Å². The summed E-state index contributed by atoms with van der Waals surface area (Å²) in [6, 6.07) is 0. The van der Waals surface area contributed by atoms with Crippen molar-refractivity contribution in [3.63, 3.8) is 0 Å². The van der Waals surface area contributed by atoms with Crippen molar-refractivity contribution in [2.75, 3.05) is 0 Å². The summed E-state index contributed by atoms with van der Waals surface area (Å²) in [6.07, 6.45) is 11.3. The van der Waals surface area contributed by atoms with Crippen LogP contribution in [0.4, 0.5) is 0 Å². The van der Waals surface area contributed by atoms with Crippen molar-refractivity contribution in [3.05, 3.63) is 12.2 Å². The molecule has 0 radical (unpaired) electrons. The number of hydrogen-bond acceptors (Lipinski definition) is 5. The van der Waals surface area contributed by atoms with E-state index < -0.39 is 17.3 Å². The minimum Gasteiger partial charge on any atom is -0.463 e. The van der Waals surface area contributed by atoms with Gasteiger partial charge in [0.25, 0.3) is 0 Å². The summed E-state index contributed by atoms with van der Waals surface area (Å²) < 4.78 is 11.3. The van der Waals surface area contributed by atoms with E-state index in [2.05, 4.69) is 85.6 Å². The predicted octanol–water partition coefficient (Wildman–Crippen LogP) is 7.88. The van der Waals surface area contributed by atoms with E-state index in [1.165, 1.54) is 6.92 Å². The number of halogens is 2. The lowest BCUT2D eigenvalue weighted by molar-refractivity contribution is -0.243.